The lowest BCUT2D eigenvalue weighted by molar-refractivity contribution is -0.126. The number of carbonyl (C=O) groups is 1. The lowest BCUT2D eigenvalue weighted by Crippen LogP contribution is -2.37. The summed E-state index contributed by atoms with van der Waals surface area (Å²) in [7, 11) is 0. The van der Waals surface area contributed by atoms with Crippen LogP contribution in [-0.2, 0) is 4.79 Å². The van der Waals surface area contributed by atoms with Crippen LogP contribution in [0.25, 0.3) is 0 Å². The van der Waals surface area contributed by atoms with Gasteiger partial charge < -0.3 is 15.2 Å². The van der Waals surface area contributed by atoms with Gasteiger partial charge in [0.1, 0.15) is 5.60 Å². The molecule has 58 valence electrons. The third-order valence-electron chi connectivity index (χ3n) is 2.13. The van der Waals surface area contributed by atoms with E-state index in [-0.39, 0.29) is 5.92 Å². The van der Waals surface area contributed by atoms with Crippen LogP contribution in [0, 0.1) is 5.92 Å². The van der Waals surface area contributed by atoms with Gasteiger partial charge in [-0.1, -0.05) is 0 Å². The minimum atomic E-state index is -1.12. The normalized spacial score (nSPS) is 31.6. The first-order valence-electron chi connectivity index (χ1n) is 3.56. The smallest absolute Gasteiger partial charge is 0.151 e. The maximum atomic E-state index is 10.3. The van der Waals surface area contributed by atoms with Crippen molar-refractivity contribution in [3.63, 3.8) is 0 Å². The molecular formula is C7H13NO2. The van der Waals surface area contributed by atoms with Crippen molar-refractivity contribution in [1.82, 2.24) is 5.32 Å². The van der Waals surface area contributed by atoms with Crippen LogP contribution in [0.4, 0.5) is 0 Å². The number of rotatable bonds is 2. The van der Waals surface area contributed by atoms with Crippen molar-refractivity contribution in [1.29, 1.82) is 0 Å². The molecule has 2 unspecified atom stereocenters. The SMILES string of the molecule is CC(O)(C=O)C1CCNC1. The number of nitrogens with one attached hydrogen (secondary N) is 1. The lowest BCUT2D eigenvalue weighted by atomic mass is 9.90. The standard InChI is InChI=1S/C7H13NO2/c1-7(10,5-9)6-2-3-8-4-6/h5-6,8,10H,2-4H2,1H3. The van der Waals surface area contributed by atoms with Gasteiger partial charge in [0.25, 0.3) is 0 Å². The molecule has 2 atom stereocenters. The van der Waals surface area contributed by atoms with Gasteiger partial charge in [0.05, 0.1) is 0 Å². The van der Waals surface area contributed by atoms with E-state index in [1.807, 2.05) is 0 Å². The fraction of sp³-hybridized carbons (Fsp3) is 0.857. The van der Waals surface area contributed by atoms with Crippen molar-refractivity contribution >= 4 is 6.29 Å². The minimum Gasteiger partial charge on any atom is -0.382 e. The van der Waals surface area contributed by atoms with Crippen molar-refractivity contribution in [3.8, 4) is 0 Å². The monoisotopic (exact) mass is 143 g/mol. The second-order valence-electron chi connectivity index (χ2n) is 3.03. The molecule has 0 aromatic heterocycles. The van der Waals surface area contributed by atoms with Crippen LogP contribution in [0.3, 0.4) is 0 Å². The van der Waals surface area contributed by atoms with Gasteiger partial charge in [-0.05, 0) is 19.9 Å². The Morgan fingerprint density at radius 1 is 1.80 bits per heavy atom. The highest BCUT2D eigenvalue weighted by Gasteiger charge is 2.33. The van der Waals surface area contributed by atoms with Crippen molar-refractivity contribution < 1.29 is 9.90 Å². The first-order chi connectivity index (χ1) is 4.67. The molecular weight excluding hydrogens is 130 g/mol. The van der Waals surface area contributed by atoms with Crippen LogP contribution in [0.15, 0.2) is 0 Å². The molecule has 0 bridgehead atoms. The Morgan fingerprint density at radius 2 is 2.50 bits per heavy atom. The molecule has 1 rings (SSSR count). The van der Waals surface area contributed by atoms with E-state index in [1.165, 1.54) is 0 Å². The zero-order chi connectivity index (χ0) is 7.61. The van der Waals surface area contributed by atoms with Gasteiger partial charge in [-0.25, -0.2) is 0 Å². The summed E-state index contributed by atoms with van der Waals surface area (Å²) in [6, 6.07) is 0. The van der Waals surface area contributed by atoms with E-state index in [4.69, 9.17) is 0 Å². The summed E-state index contributed by atoms with van der Waals surface area (Å²) in [5.41, 5.74) is -1.12. The van der Waals surface area contributed by atoms with E-state index in [1.54, 1.807) is 6.92 Å². The molecule has 10 heavy (non-hydrogen) atoms. The molecule has 0 amide bonds. The highest BCUT2D eigenvalue weighted by Crippen LogP contribution is 2.20. The second-order valence-corrected chi connectivity index (χ2v) is 3.03. The molecule has 1 aliphatic heterocycles. The van der Waals surface area contributed by atoms with Crippen LogP contribution in [0.5, 0.6) is 0 Å². The predicted molar refractivity (Wildman–Crippen MR) is 37.7 cm³/mol. The Kier molecular flexibility index (Phi) is 2.06. The van der Waals surface area contributed by atoms with Crippen LogP contribution >= 0.6 is 0 Å². The molecule has 0 spiro atoms. The molecule has 2 N–H and O–H groups in total. The molecule has 3 nitrogen and oxygen atoms in total. The summed E-state index contributed by atoms with van der Waals surface area (Å²) in [4.78, 5) is 10.3. The minimum absolute atomic E-state index is 0.102. The summed E-state index contributed by atoms with van der Waals surface area (Å²) in [6.45, 7) is 3.23. The number of hydrogen-bond donors (Lipinski definition) is 2. The predicted octanol–water partition coefficient (Wildman–Crippen LogP) is -0.454. The molecule has 0 aromatic rings. The number of aliphatic hydroxyl groups is 1. The maximum Gasteiger partial charge on any atom is 0.151 e. The van der Waals surface area contributed by atoms with Gasteiger partial charge in [-0.15, -0.1) is 0 Å². The molecule has 1 heterocycles. The molecule has 1 saturated heterocycles. The highest BCUT2D eigenvalue weighted by atomic mass is 16.3. The van der Waals surface area contributed by atoms with E-state index < -0.39 is 5.60 Å². The van der Waals surface area contributed by atoms with Gasteiger partial charge in [0.15, 0.2) is 6.29 Å². The summed E-state index contributed by atoms with van der Waals surface area (Å²) < 4.78 is 0. The van der Waals surface area contributed by atoms with Crippen molar-refractivity contribution in [2.75, 3.05) is 13.1 Å². The number of hydrogen-bond acceptors (Lipinski definition) is 3. The second kappa shape index (κ2) is 2.68. The van der Waals surface area contributed by atoms with Crippen molar-refractivity contribution in [2.45, 2.75) is 18.9 Å². The van der Waals surface area contributed by atoms with Gasteiger partial charge in [0.2, 0.25) is 0 Å². The van der Waals surface area contributed by atoms with E-state index in [0.29, 0.717) is 6.29 Å². The highest BCUT2D eigenvalue weighted by molar-refractivity contribution is 5.62. The largest absolute Gasteiger partial charge is 0.382 e. The Balaban J connectivity index is 2.53. The van der Waals surface area contributed by atoms with E-state index in [2.05, 4.69) is 5.32 Å². The first kappa shape index (κ1) is 7.69. The molecule has 1 fully saturated rings. The number of aldehydes is 1. The zero-order valence-electron chi connectivity index (χ0n) is 6.13. The van der Waals surface area contributed by atoms with Gasteiger partial charge in [-0.3, -0.25) is 0 Å². The van der Waals surface area contributed by atoms with Crippen LogP contribution in [-0.4, -0.2) is 30.1 Å². The maximum absolute atomic E-state index is 10.3. The van der Waals surface area contributed by atoms with Gasteiger partial charge in [-0.2, -0.15) is 0 Å². The number of carbonyl (C=O) groups excluding carboxylic acids is 1. The summed E-state index contributed by atoms with van der Waals surface area (Å²) >= 11 is 0. The van der Waals surface area contributed by atoms with Crippen LogP contribution in [0.1, 0.15) is 13.3 Å². The van der Waals surface area contributed by atoms with Gasteiger partial charge >= 0.3 is 0 Å². The Hall–Kier alpha value is -0.410. The van der Waals surface area contributed by atoms with E-state index in [0.717, 1.165) is 19.5 Å². The fourth-order valence-electron chi connectivity index (χ4n) is 1.25. The molecule has 0 aliphatic carbocycles. The molecule has 3 heteroatoms. The Labute approximate surface area is 60.4 Å². The Bertz CT molecular complexity index is 128. The van der Waals surface area contributed by atoms with E-state index >= 15 is 0 Å². The third-order valence-corrected chi connectivity index (χ3v) is 2.13. The quantitative estimate of drug-likeness (QED) is 0.514. The molecule has 0 radical (unpaired) electrons. The average molecular weight is 143 g/mol. The summed E-state index contributed by atoms with van der Waals surface area (Å²) in [5.74, 6) is 0.102. The summed E-state index contributed by atoms with van der Waals surface area (Å²) in [5, 5.41) is 12.5. The first-order valence-corrected chi connectivity index (χ1v) is 3.56. The Morgan fingerprint density at radius 3 is 2.90 bits per heavy atom. The average Bonchev–Trinajstić information content (AvgIpc) is 2.38. The zero-order valence-corrected chi connectivity index (χ0v) is 6.13. The topological polar surface area (TPSA) is 49.3 Å². The molecule has 0 saturated carbocycles. The van der Waals surface area contributed by atoms with Crippen LogP contribution < -0.4 is 5.32 Å². The molecule has 1 aliphatic rings. The molecule has 0 aromatic carbocycles. The van der Waals surface area contributed by atoms with Gasteiger partial charge in [0, 0.05) is 12.5 Å². The lowest BCUT2D eigenvalue weighted by Gasteiger charge is -2.22. The fourth-order valence-corrected chi connectivity index (χ4v) is 1.25. The van der Waals surface area contributed by atoms with Crippen LogP contribution in [0.2, 0.25) is 0 Å². The van der Waals surface area contributed by atoms with Crippen molar-refractivity contribution in [3.05, 3.63) is 0 Å². The van der Waals surface area contributed by atoms with E-state index in [9.17, 15) is 9.90 Å². The van der Waals surface area contributed by atoms with Crippen molar-refractivity contribution in [2.24, 2.45) is 5.92 Å². The third kappa shape index (κ3) is 1.36. The summed E-state index contributed by atoms with van der Waals surface area (Å²) in [6.07, 6.45) is 1.52.